The molecule has 1 amide bonds. The molecule has 0 saturated carbocycles. The number of carbonyl (C=O) groups is 1. The Balaban J connectivity index is 1.63. The Morgan fingerprint density at radius 2 is 1.57 bits per heavy atom. The summed E-state index contributed by atoms with van der Waals surface area (Å²) in [5.74, 6) is -0.769. The number of hydrogen-bond donors (Lipinski definition) is 2. The molecule has 0 aliphatic heterocycles. The highest BCUT2D eigenvalue weighted by Gasteiger charge is 2.17. The molecule has 0 bridgehead atoms. The van der Waals surface area contributed by atoms with Gasteiger partial charge >= 0.3 is 0 Å². The Hall–Kier alpha value is -2.81. The lowest BCUT2D eigenvalue weighted by atomic mass is 10.3. The SMILES string of the molecule is O=C(COc1ccc(S(=O)(=O)Nc2ccc(F)cc2)cc1Cl)Nc1ccc(Cl)cc1. The van der Waals surface area contributed by atoms with Crippen LogP contribution < -0.4 is 14.8 Å². The number of amides is 1. The molecule has 6 nitrogen and oxygen atoms in total. The first-order valence-electron chi connectivity index (χ1n) is 8.49. The summed E-state index contributed by atoms with van der Waals surface area (Å²) in [6, 6.07) is 15.2. The van der Waals surface area contributed by atoms with E-state index in [9.17, 15) is 17.6 Å². The van der Waals surface area contributed by atoms with Crippen molar-refractivity contribution in [3.05, 3.63) is 82.6 Å². The number of carbonyl (C=O) groups excluding carboxylic acids is 1. The predicted molar refractivity (Wildman–Crippen MR) is 114 cm³/mol. The van der Waals surface area contributed by atoms with Gasteiger partial charge in [-0.3, -0.25) is 9.52 Å². The summed E-state index contributed by atoms with van der Waals surface area (Å²) in [5.41, 5.74) is 0.749. The zero-order chi connectivity index (χ0) is 21.7. The van der Waals surface area contributed by atoms with Gasteiger partial charge in [0, 0.05) is 16.4 Å². The fourth-order valence-electron chi connectivity index (χ4n) is 2.37. The molecule has 2 N–H and O–H groups in total. The van der Waals surface area contributed by atoms with Gasteiger partial charge in [-0.1, -0.05) is 23.2 Å². The Kier molecular flexibility index (Phi) is 6.81. The average Bonchev–Trinajstić information content (AvgIpc) is 2.70. The highest BCUT2D eigenvalue weighted by atomic mass is 35.5. The summed E-state index contributed by atoms with van der Waals surface area (Å²) >= 11 is 11.9. The molecule has 0 atom stereocenters. The molecule has 10 heteroatoms. The molecule has 0 heterocycles. The van der Waals surface area contributed by atoms with Crippen LogP contribution in [0, 0.1) is 5.82 Å². The summed E-state index contributed by atoms with van der Waals surface area (Å²) in [7, 11) is -3.94. The molecule has 0 radical (unpaired) electrons. The van der Waals surface area contributed by atoms with E-state index in [0.717, 1.165) is 12.1 Å². The topological polar surface area (TPSA) is 84.5 Å². The van der Waals surface area contributed by atoms with Gasteiger partial charge in [0.2, 0.25) is 0 Å². The van der Waals surface area contributed by atoms with Gasteiger partial charge < -0.3 is 10.1 Å². The van der Waals surface area contributed by atoms with E-state index in [0.29, 0.717) is 10.7 Å². The number of rotatable bonds is 7. The fraction of sp³-hybridized carbons (Fsp3) is 0.0500. The molecule has 0 saturated heterocycles. The van der Waals surface area contributed by atoms with Crippen LogP contribution in [0.5, 0.6) is 5.75 Å². The van der Waals surface area contributed by atoms with E-state index in [1.54, 1.807) is 24.3 Å². The summed E-state index contributed by atoms with van der Waals surface area (Å²) < 4.78 is 45.6. The van der Waals surface area contributed by atoms with Crippen molar-refractivity contribution in [1.29, 1.82) is 0 Å². The molecule has 3 rings (SSSR count). The van der Waals surface area contributed by atoms with E-state index in [1.807, 2.05) is 0 Å². The van der Waals surface area contributed by atoms with Crippen molar-refractivity contribution in [1.82, 2.24) is 0 Å². The molecule has 0 unspecified atom stereocenters. The van der Waals surface area contributed by atoms with Gasteiger partial charge in [0.25, 0.3) is 15.9 Å². The first-order chi connectivity index (χ1) is 14.2. The lowest BCUT2D eigenvalue weighted by Crippen LogP contribution is -2.20. The molecular weight excluding hydrogens is 454 g/mol. The monoisotopic (exact) mass is 468 g/mol. The second-order valence-electron chi connectivity index (χ2n) is 6.05. The largest absolute Gasteiger partial charge is 0.482 e. The fourth-order valence-corrected chi connectivity index (χ4v) is 3.88. The first kappa shape index (κ1) is 21.9. The van der Waals surface area contributed by atoms with Gasteiger partial charge in [-0.2, -0.15) is 0 Å². The molecule has 30 heavy (non-hydrogen) atoms. The standard InChI is InChI=1S/C20H15Cl2FN2O4S/c21-13-1-5-15(6-2-13)24-20(26)12-29-19-10-9-17(11-18(19)22)30(27,28)25-16-7-3-14(23)4-8-16/h1-11,25H,12H2,(H,24,26). The predicted octanol–water partition coefficient (Wildman–Crippen LogP) is 4.95. The van der Waals surface area contributed by atoms with Gasteiger partial charge in [0.15, 0.2) is 6.61 Å². The van der Waals surface area contributed by atoms with Crippen LogP contribution in [0.4, 0.5) is 15.8 Å². The Labute approximate surface area is 182 Å². The number of halogens is 3. The Morgan fingerprint density at radius 3 is 2.20 bits per heavy atom. The van der Waals surface area contributed by atoms with Crippen LogP contribution in [0.15, 0.2) is 71.6 Å². The highest BCUT2D eigenvalue weighted by Crippen LogP contribution is 2.28. The molecule has 0 fully saturated rings. The lowest BCUT2D eigenvalue weighted by Gasteiger charge is -2.11. The normalized spacial score (nSPS) is 11.0. The third kappa shape index (κ3) is 5.85. The Bertz CT molecular complexity index is 1150. The maximum absolute atomic E-state index is 13.0. The number of nitrogens with one attached hydrogen (secondary N) is 2. The molecular formula is C20H15Cl2FN2O4S. The van der Waals surface area contributed by atoms with E-state index in [4.69, 9.17) is 27.9 Å². The van der Waals surface area contributed by atoms with Gasteiger partial charge in [-0.05, 0) is 66.7 Å². The molecule has 0 aliphatic carbocycles. The van der Waals surface area contributed by atoms with Crippen LogP contribution in [0.25, 0.3) is 0 Å². The summed E-state index contributed by atoms with van der Waals surface area (Å²) in [6.07, 6.45) is 0. The number of benzene rings is 3. The minimum absolute atomic E-state index is 0.0104. The van der Waals surface area contributed by atoms with Crippen LogP contribution in [0.2, 0.25) is 10.0 Å². The van der Waals surface area contributed by atoms with E-state index < -0.39 is 21.7 Å². The van der Waals surface area contributed by atoms with E-state index in [2.05, 4.69) is 10.0 Å². The summed E-state index contributed by atoms with van der Waals surface area (Å²) in [4.78, 5) is 11.9. The van der Waals surface area contributed by atoms with Gasteiger partial charge in [0.05, 0.1) is 9.92 Å². The van der Waals surface area contributed by atoms with Crippen molar-refractivity contribution in [3.63, 3.8) is 0 Å². The quantitative estimate of drug-likeness (QED) is 0.513. The third-order valence-electron chi connectivity index (χ3n) is 3.80. The third-order valence-corrected chi connectivity index (χ3v) is 5.72. The van der Waals surface area contributed by atoms with Crippen molar-refractivity contribution >= 4 is 50.5 Å². The van der Waals surface area contributed by atoms with Crippen LogP contribution >= 0.6 is 23.2 Å². The number of sulfonamides is 1. The molecule has 0 spiro atoms. The Morgan fingerprint density at radius 1 is 0.933 bits per heavy atom. The molecule has 0 aromatic heterocycles. The first-order valence-corrected chi connectivity index (χ1v) is 10.7. The number of anilines is 2. The van der Waals surface area contributed by atoms with Crippen molar-refractivity contribution < 1.29 is 22.3 Å². The second-order valence-corrected chi connectivity index (χ2v) is 8.57. The smallest absolute Gasteiger partial charge is 0.262 e. The minimum atomic E-state index is -3.94. The van der Waals surface area contributed by atoms with Crippen LogP contribution in [0.3, 0.4) is 0 Å². The second kappa shape index (κ2) is 9.34. The molecule has 3 aromatic carbocycles. The van der Waals surface area contributed by atoms with E-state index in [-0.39, 0.29) is 28.0 Å². The zero-order valence-electron chi connectivity index (χ0n) is 15.2. The average molecular weight is 469 g/mol. The number of hydrogen-bond acceptors (Lipinski definition) is 4. The van der Waals surface area contributed by atoms with Gasteiger partial charge in [0.1, 0.15) is 11.6 Å². The maximum Gasteiger partial charge on any atom is 0.262 e. The zero-order valence-corrected chi connectivity index (χ0v) is 17.6. The highest BCUT2D eigenvalue weighted by molar-refractivity contribution is 7.92. The number of ether oxygens (including phenoxy) is 1. The molecule has 3 aromatic rings. The van der Waals surface area contributed by atoms with Gasteiger partial charge in [-0.15, -0.1) is 0 Å². The minimum Gasteiger partial charge on any atom is -0.482 e. The van der Waals surface area contributed by atoms with Crippen LogP contribution in [-0.2, 0) is 14.8 Å². The maximum atomic E-state index is 13.0. The van der Waals surface area contributed by atoms with E-state index >= 15 is 0 Å². The summed E-state index contributed by atoms with van der Waals surface area (Å²) in [6.45, 7) is -0.331. The van der Waals surface area contributed by atoms with Gasteiger partial charge in [-0.25, -0.2) is 12.8 Å². The van der Waals surface area contributed by atoms with Crippen LogP contribution in [-0.4, -0.2) is 20.9 Å². The van der Waals surface area contributed by atoms with Crippen molar-refractivity contribution in [2.75, 3.05) is 16.6 Å². The van der Waals surface area contributed by atoms with Crippen molar-refractivity contribution in [2.45, 2.75) is 4.90 Å². The van der Waals surface area contributed by atoms with Crippen LogP contribution in [0.1, 0.15) is 0 Å². The lowest BCUT2D eigenvalue weighted by molar-refractivity contribution is -0.118. The molecule has 156 valence electrons. The van der Waals surface area contributed by atoms with Crippen molar-refractivity contribution in [2.24, 2.45) is 0 Å². The van der Waals surface area contributed by atoms with Crippen molar-refractivity contribution in [3.8, 4) is 5.75 Å². The van der Waals surface area contributed by atoms with E-state index in [1.165, 1.54) is 30.3 Å². The summed E-state index contributed by atoms with van der Waals surface area (Å²) in [5, 5.41) is 3.18. The molecule has 0 aliphatic rings.